The molecule has 1 aliphatic carbocycles. The third kappa shape index (κ3) is 5.23. The lowest BCUT2D eigenvalue weighted by Gasteiger charge is -2.25. The minimum Gasteiger partial charge on any atom is -0.311 e. The zero-order valence-corrected chi connectivity index (χ0v) is 13.3. The zero-order valence-electron chi connectivity index (χ0n) is 12.4. The van der Waals surface area contributed by atoms with Crippen LogP contribution in [0.3, 0.4) is 0 Å². The first-order valence-electron chi connectivity index (χ1n) is 7.04. The van der Waals surface area contributed by atoms with Gasteiger partial charge in [0.05, 0.1) is 6.26 Å². The summed E-state index contributed by atoms with van der Waals surface area (Å²) in [7, 11) is -3.18. The van der Waals surface area contributed by atoms with Crippen molar-refractivity contribution in [3.63, 3.8) is 0 Å². The minimum atomic E-state index is -3.18. The first-order chi connectivity index (χ1) is 9.25. The standard InChI is InChI=1S/C15H24N2O2S/c1-15(2,17-20(3,18)19)11-16-10-12-5-4-6-14(9-12)13-7-8-13/h4-6,9,13,16-17H,7-8,10-11H2,1-3H3. The molecule has 1 fully saturated rings. The van der Waals surface area contributed by atoms with E-state index in [-0.39, 0.29) is 0 Å². The van der Waals surface area contributed by atoms with Gasteiger partial charge in [-0.3, -0.25) is 0 Å². The fourth-order valence-corrected chi connectivity index (χ4v) is 3.51. The van der Waals surface area contributed by atoms with Crippen molar-refractivity contribution in [1.82, 2.24) is 10.0 Å². The molecule has 0 heterocycles. The first kappa shape index (κ1) is 15.5. The van der Waals surface area contributed by atoms with E-state index in [0.29, 0.717) is 6.54 Å². The summed E-state index contributed by atoms with van der Waals surface area (Å²) in [4.78, 5) is 0. The Bertz CT molecular complexity index is 563. The molecular weight excluding hydrogens is 272 g/mol. The number of sulfonamides is 1. The Balaban J connectivity index is 1.84. The molecule has 2 N–H and O–H groups in total. The van der Waals surface area contributed by atoms with Crippen molar-refractivity contribution >= 4 is 10.0 Å². The molecule has 1 aromatic rings. The third-order valence-electron chi connectivity index (χ3n) is 3.36. The van der Waals surface area contributed by atoms with Gasteiger partial charge in [-0.25, -0.2) is 13.1 Å². The van der Waals surface area contributed by atoms with Crippen LogP contribution in [0.4, 0.5) is 0 Å². The lowest BCUT2D eigenvalue weighted by atomic mass is 10.1. The lowest BCUT2D eigenvalue weighted by Crippen LogP contribution is -2.49. The van der Waals surface area contributed by atoms with E-state index >= 15 is 0 Å². The maximum absolute atomic E-state index is 11.3. The second-order valence-corrected chi connectivity index (χ2v) is 8.13. The fourth-order valence-electron chi connectivity index (χ4n) is 2.43. The van der Waals surface area contributed by atoms with Gasteiger partial charge in [0.15, 0.2) is 0 Å². The van der Waals surface area contributed by atoms with Crippen LogP contribution >= 0.6 is 0 Å². The summed E-state index contributed by atoms with van der Waals surface area (Å²) < 4.78 is 25.2. The van der Waals surface area contributed by atoms with E-state index in [0.717, 1.165) is 12.5 Å². The fraction of sp³-hybridized carbons (Fsp3) is 0.600. The molecule has 0 atom stereocenters. The van der Waals surface area contributed by atoms with Gasteiger partial charge in [0.1, 0.15) is 0 Å². The van der Waals surface area contributed by atoms with Crippen molar-refractivity contribution in [3.8, 4) is 0 Å². The van der Waals surface area contributed by atoms with Crippen LogP contribution in [0.2, 0.25) is 0 Å². The van der Waals surface area contributed by atoms with Crippen LogP contribution in [0.5, 0.6) is 0 Å². The summed E-state index contributed by atoms with van der Waals surface area (Å²) in [6.45, 7) is 5.10. The number of hydrogen-bond acceptors (Lipinski definition) is 3. The molecule has 0 aromatic heterocycles. The van der Waals surface area contributed by atoms with E-state index in [4.69, 9.17) is 0 Å². The highest BCUT2D eigenvalue weighted by Crippen LogP contribution is 2.40. The average Bonchev–Trinajstić information content (AvgIpc) is 3.09. The Hall–Kier alpha value is -0.910. The molecular formula is C15H24N2O2S. The summed E-state index contributed by atoms with van der Waals surface area (Å²) in [6.07, 6.45) is 3.80. The van der Waals surface area contributed by atoms with Gasteiger partial charge < -0.3 is 5.32 Å². The van der Waals surface area contributed by atoms with Crippen LogP contribution in [0.25, 0.3) is 0 Å². The Labute approximate surface area is 122 Å². The molecule has 1 saturated carbocycles. The van der Waals surface area contributed by atoms with E-state index < -0.39 is 15.6 Å². The van der Waals surface area contributed by atoms with E-state index in [1.54, 1.807) is 0 Å². The highest BCUT2D eigenvalue weighted by atomic mass is 32.2. The molecule has 2 rings (SSSR count). The second-order valence-electron chi connectivity index (χ2n) is 6.38. The van der Waals surface area contributed by atoms with Crippen LogP contribution in [-0.2, 0) is 16.6 Å². The topological polar surface area (TPSA) is 58.2 Å². The normalized spacial score (nSPS) is 16.4. The van der Waals surface area contributed by atoms with Crippen LogP contribution in [-0.4, -0.2) is 26.8 Å². The van der Waals surface area contributed by atoms with Gasteiger partial charge in [-0.1, -0.05) is 24.3 Å². The Kier molecular flexibility index (Phi) is 4.52. The molecule has 5 heteroatoms. The van der Waals surface area contributed by atoms with Crippen LogP contribution in [0, 0.1) is 0 Å². The summed E-state index contributed by atoms with van der Waals surface area (Å²) in [5.41, 5.74) is 2.20. The van der Waals surface area contributed by atoms with Gasteiger partial charge >= 0.3 is 0 Å². The summed E-state index contributed by atoms with van der Waals surface area (Å²) in [6, 6.07) is 8.65. The van der Waals surface area contributed by atoms with Crippen molar-refractivity contribution in [2.45, 2.75) is 44.7 Å². The van der Waals surface area contributed by atoms with Crippen molar-refractivity contribution in [2.24, 2.45) is 0 Å². The first-order valence-corrected chi connectivity index (χ1v) is 8.93. The van der Waals surface area contributed by atoms with E-state index in [2.05, 4.69) is 34.3 Å². The number of nitrogens with one attached hydrogen (secondary N) is 2. The lowest BCUT2D eigenvalue weighted by molar-refractivity contribution is 0.421. The van der Waals surface area contributed by atoms with Gasteiger partial charge in [0, 0.05) is 18.6 Å². The van der Waals surface area contributed by atoms with E-state index in [1.165, 1.54) is 30.2 Å². The van der Waals surface area contributed by atoms with Crippen molar-refractivity contribution in [2.75, 3.05) is 12.8 Å². The Morgan fingerprint density at radius 1 is 1.30 bits per heavy atom. The largest absolute Gasteiger partial charge is 0.311 e. The maximum atomic E-state index is 11.3. The van der Waals surface area contributed by atoms with Crippen LogP contribution < -0.4 is 10.0 Å². The van der Waals surface area contributed by atoms with Gasteiger partial charge in [-0.15, -0.1) is 0 Å². The predicted octanol–water partition coefficient (Wildman–Crippen LogP) is 1.98. The Morgan fingerprint density at radius 2 is 2.00 bits per heavy atom. The molecule has 0 aliphatic heterocycles. The average molecular weight is 296 g/mol. The van der Waals surface area contributed by atoms with Crippen molar-refractivity contribution in [1.29, 1.82) is 0 Å². The highest BCUT2D eigenvalue weighted by Gasteiger charge is 2.24. The molecule has 1 aliphatic rings. The summed E-state index contributed by atoms with van der Waals surface area (Å²) >= 11 is 0. The third-order valence-corrected chi connectivity index (χ3v) is 4.28. The molecule has 0 saturated heterocycles. The Morgan fingerprint density at radius 3 is 2.60 bits per heavy atom. The van der Waals surface area contributed by atoms with Crippen LogP contribution in [0.1, 0.15) is 43.7 Å². The van der Waals surface area contributed by atoms with E-state index in [9.17, 15) is 8.42 Å². The molecule has 0 radical (unpaired) electrons. The minimum absolute atomic E-state index is 0.484. The number of rotatable bonds is 7. The smallest absolute Gasteiger partial charge is 0.209 e. The monoisotopic (exact) mass is 296 g/mol. The van der Waals surface area contributed by atoms with Crippen molar-refractivity contribution < 1.29 is 8.42 Å². The van der Waals surface area contributed by atoms with Gasteiger partial charge in [-0.2, -0.15) is 0 Å². The predicted molar refractivity (Wildman–Crippen MR) is 82.2 cm³/mol. The molecule has 0 bridgehead atoms. The van der Waals surface area contributed by atoms with Gasteiger partial charge in [0.25, 0.3) is 0 Å². The molecule has 20 heavy (non-hydrogen) atoms. The van der Waals surface area contributed by atoms with E-state index in [1.807, 2.05) is 13.8 Å². The van der Waals surface area contributed by atoms with Crippen LogP contribution in [0.15, 0.2) is 24.3 Å². The SMILES string of the molecule is CC(C)(CNCc1cccc(C2CC2)c1)NS(C)(=O)=O. The molecule has 4 nitrogen and oxygen atoms in total. The molecule has 1 aromatic carbocycles. The van der Waals surface area contributed by atoms with Crippen molar-refractivity contribution in [3.05, 3.63) is 35.4 Å². The molecule has 0 unspecified atom stereocenters. The molecule has 112 valence electrons. The maximum Gasteiger partial charge on any atom is 0.209 e. The second kappa shape index (κ2) is 5.84. The zero-order chi connectivity index (χ0) is 14.8. The molecule has 0 amide bonds. The summed E-state index contributed by atoms with van der Waals surface area (Å²) in [5.74, 6) is 0.762. The quantitative estimate of drug-likeness (QED) is 0.809. The van der Waals surface area contributed by atoms with Gasteiger partial charge in [-0.05, 0) is 43.7 Å². The number of hydrogen-bond donors (Lipinski definition) is 2. The highest BCUT2D eigenvalue weighted by molar-refractivity contribution is 7.88. The molecule has 0 spiro atoms. The number of benzene rings is 1. The van der Waals surface area contributed by atoms with Gasteiger partial charge in [0.2, 0.25) is 10.0 Å². The summed E-state index contributed by atoms with van der Waals surface area (Å²) in [5, 5.41) is 3.32.